The van der Waals surface area contributed by atoms with Crippen LogP contribution >= 0.6 is 0 Å². The molecule has 3 heterocycles. The van der Waals surface area contributed by atoms with Crippen LogP contribution in [0.2, 0.25) is 0 Å². The van der Waals surface area contributed by atoms with E-state index in [9.17, 15) is 4.79 Å². The van der Waals surface area contributed by atoms with Gasteiger partial charge in [0.05, 0.1) is 13.0 Å². The van der Waals surface area contributed by atoms with E-state index in [1.54, 1.807) is 0 Å². The molecule has 0 spiro atoms. The molecule has 6 nitrogen and oxygen atoms in total. The van der Waals surface area contributed by atoms with E-state index in [4.69, 9.17) is 4.74 Å². The lowest BCUT2D eigenvalue weighted by Gasteiger charge is -2.28. The summed E-state index contributed by atoms with van der Waals surface area (Å²) in [5, 5.41) is 6.44. The number of aromatic nitrogens is 1. The third-order valence-electron chi connectivity index (χ3n) is 6.66. The molecule has 1 unspecified atom stereocenters. The number of nitrogens with one attached hydrogen (secondary N) is 2. The van der Waals surface area contributed by atoms with E-state index in [2.05, 4.69) is 39.7 Å². The number of carbonyl (C=O) groups is 1. The molecule has 2 aliphatic heterocycles. The fourth-order valence-corrected chi connectivity index (χ4v) is 4.47. The van der Waals surface area contributed by atoms with Gasteiger partial charge in [0.1, 0.15) is 5.75 Å². The Morgan fingerprint density at radius 1 is 1.09 bits per heavy atom. The number of hydrogen-bond acceptors (Lipinski definition) is 5. The molecule has 6 heteroatoms. The van der Waals surface area contributed by atoms with Gasteiger partial charge in [-0.2, -0.15) is 0 Å². The summed E-state index contributed by atoms with van der Waals surface area (Å²) in [7, 11) is 2.18. The Hall–Kier alpha value is -2.44. The average molecular weight is 437 g/mol. The van der Waals surface area contributed by atoms with E-state index < -0.39 is 0 Å². The maximum absolute atomic E-state index is 12.3. The quantitative estimate of drug-likeness (QED) is 0.666. The summed E-state index contributed by atoms with van der Waals surface area (Å²) in [5.41, 5.74) is 2.94. The predicted octanol–water partition coefficient (Wildman–Crippen LogP) is 3.13. The van der Waals surface area contributed by atoms with Crippen molar-refractivity contribution in [2.24, 2.45) is 11.8 Å². The molecule has 0 radical (unpaired) electrons. The summed E-state index contributed by atoms with van der Waals surface area (Å²) >= 11 is 0. The van der Waals surface area contributed by atoms with Crippen LogP contribution < -0.4 is 15.4 Å². The number of piperidine rings is 2. The molecule has 2 aliphatic rings. The lowest BCUT2D eigenvalue weighted by Crippen LogP contribution is -2.38. The van der Waals surface area contributed by atoms with E-state index >= 15 is 0 Å². The second-order valence-corrected chi connectivity index (χ2v) is 9.31. The van der Waals surface area contributed by atoms with Gasteiger partial charge >= 0.3 is 0 Å². The van der Waals surface area contributed by atoms with Crippen LogP contribution in [-0.4, -0.2) is 62.2 Å². The summed E-state index contributed by atoms with van der Waals surface area (Å²) in [6, 6.07) is 12.2. The Morgan fingerprint density at radius 2 is 1.88 bits per heavy atom. The second-order valence-electron chi connectivity index (χ2n) is 9.31. The topological polar surface area (TPSA) is 66.5 Å². The van der Waals surface area contributed by atoms with Crippen LogP contribution in [0.1, 0.15) is 31.4 Å². The average Bonchev–Trinajstić information content (AvgIpc) is 2.84. The zero-order valence-corrected chi connectivity index (χ0v) is 19.2. The molecule has 0 bridgehead atoms. The summed E-state index contributed by atoms with van der Waals surface area (Å²) in [6.45, 7) is 5.95. The number of carbonyl (C=O) groups excluding carboxylic acids is 1. The summed E-state index contributed by atoms with van der Waals surface area (Å²) in [6.07, 6.45) is 6.97. The van der Waals surface area contributed by atoms with Gasteiger partial charge in [-0.1, -0.05) is 18.2 Å². The number of rotatable bonds is 8. The van der Waals surface area contributed by atoms with E-state index in [0.717, 1.165) is 61.9 Å². The van der Waals surface area contributed by atoms with Crippen LogP contribution in [0.4, 0.5) is 0 Å². The molecule has 1 aromatic heterocycles. The molecule has 2 N–H and O–H groups in total. The monoisotopic (exact) mass is 436 g/mol. The van der Waals surface area contributed by atoms with Gasteiger partial charge in [-0.3, -0.25) is 9.78 Å². The third kappa shape index (κ3) is 6.78. The molecule has 2 saturated heterocycles. The lowest BCUT2D eigenvalue weighted by atomic mass is 9.98. The smallest absolute Gasteiger partial charge is 0.226 e. The molecule has 172 valence electrons. The number of hydrogen-bond donors (Lipinski definition) is 2. The lowest BCUT2D eigenvalue weighted by molar-refractivity contribution is -0.120. The van der Waals surface area contributed by atoms with Crippen LogP contribution in [0.25, 0.3) is 11.1 Å². The van der Waals surface area contributed by atoms with E-state index in [1.165, 1.54) is 25.7 Å². The van der Waals surface area contributed by atoms with Gasteiger partial charge in [-0.25, -0.2) is 0 Å². The SMILES string of the molecule is CN1CCC(COc2ccc(-c3ccc(CC(=O)NCC4CCCNC4)nc3)cc2)CC1. The van der Waals surface area contributed by atoms with Crippen molar-refractivity contribution < 1.29 is 9.53 Å². The molecule has 4 rings (SSSR count). The first-order valence-electron chi connectivity index (χ1n) is 12.0. The van der Waals surface area contributed by atoms with Crippen molar-refractivity contribution in [3.8, 4) is 16.9 Å². The summed E-state index contributed by atoms with van der Waals surface area (Å²) in [4.78, 5) is 19.1. The van der Waals surface area contributed by atoms with Crippen molar-refractivity contribution in [3.63, 3.8) is 0 Å². The highest BCUT2D eigenvalue weighted by molar-refractivity contribution is 5.78. The van der Waals surface area contributed by atoms with Crippen molar-refractivity contribution in [2.45, 2.75) is 32.1 Å². The van der Waals surface area contributed by atoms with E-state index in [0.29, 0.717) is 18.3 Å². The van der Waals surface area contributed by atoms with Crippen molar-refractivity contribution in [2.75, 3.05) is 46.4 Å². The standard InChI is InChI=1S/C26H36N4O2/c1-30-13-10-20(11-14-30)19-32-25-8-5-22(6-9-25)23-4-7-24(28-18-23)15-26(31)29-17-21-3-2-12-27-16-21/h4-9,18,20-21,27H,2-3,10-17,19H2,1H3,(H,29,31). The minimum absolute atomic E-state index is 0.0435. The Morgan fingerprint density at radius 3 is 2.56 bits per heavy atom. The first-order valence-corrected chi connectivity index (χ1v) is 12.0. The minimum Gasteiger partial charge on any atom is -0.493 e. The van der Waals surface area contributed by atoms with Crippen molar-refractivity contribution in [3.05, 3.63) is 48.3 Å². The zero-order valence-electron chi connectivity index (χ0n) is 19.2. The molecular weight excluding hydrogens is 400 g/mol. The van der Waals surface area contributed by atoms with Crippen molar-refractivity contribution >= 4 is 5.91 Å². The number of nitrogens with zero attached hydrogens (tertiary/aromatic N) is 2. The Bertz CT molecular complexity index is 839. The van der Waals surface area contributed by atoms with Gasteiger partial charge < -0.3 is 20.3 Å². The Labute approximate surface area is 191 Å². The molecule has 0 saturated carbocycles. The Balaban J connectivity index is 1.23. The largest absolute Gasteiger partial charge is 0.493 e. The van der Waals surface area contributed by atoms with Gasteiger partial charge in [0.2, 0.25) is 5.91 Å². The number of amides is 1. The van der Waals surface area contributed by atoms with Gasteiger partial charge in [0, 0.05) is 24.0 Å². The van der Waals surface area contributed by atoms with Crippen LogP contribution in [-0.2, 0) is 11.2 Å². The molecule has 2 fully saturated rings. The molecule has 1 aromatic carbocycles. The van der Waals surface area contributed by atoms with Crippen LogP contribution in [0.15, 0.2) is 42.6 Å². The highest BCUT2D eigenvalue weighted by Crippen LogP contribution is 2.23. The maximum atomic E-state index is 12.3. The molecular formula is C26H36N4O2. The molecule has 2 aromatic rings. The van der Waals surface area contributed by atoms with E-state index in [-0.39, 0.29) is 5.91 Å². The van der Waals surface area contributed by atoms with Crippen LogP contribution in [0.3, 0.4) is 0 Å². The highest BCUT2D eigenvalue weighted by Gasteiger charge is 2.17. The number of likely N-dealkylation sites (tertiary alicyclic amines) is 1. The first-order chi connectivity index (χ1) is 15.7. The molecule has 1 amide bonds. The number of benzene rings is 1. The van der Waals surface area contributed by atoms with Crippen molar-refractivity contribution in [1.29, 1.82) is 0 Å². The van der Waals surface area contributed by atoms with Crippen molar-refractivity contribution in [1.82, 2.24) is 20.5 Å². The fraction of sp³-hybridized carbons (Fsp3) is 0.538. The summed E-state index contributed by atoms with van der Waals surface area (Å²) in [5.74, 6) is 2.16. The maximum Gasteiger partial charge on any atom is 0.226 e. The fourth-order valence-electron chi connectivity index (χ4n) is 4.47. The van der Waals surface area contributed by atoms with Gasteiger partial charge in [-0.15, -0.1) is 0 Å². The third-order valence-corrected chi connectivity index (χ3v) is 6.66. The van der Waals surface area contributed by atoms with Gasteiger partial charge in [-0.05, 0) is 94.5 Å². The number of ether oxygens (including phenoxy) is 1. The van der Waals surface area contributed by atoms with Crippen LogP contribution in [0, 0.1) is 11.8 Å². The minimum atomic E-state index is 0.0435. The first kappa shape index (κ1) is 22.7. The number of pyridine rings is 1. The normalized spacial score (nSPS) is 20.1. The zero-order chi connectivity index (χ0) is 22.2. The summed E-state index contributed by atoms with van der Waals surface area (Å²) < 4.78 is 6.02. The molecule has 0 aliphatic carbocycles. The van der Waals surface area contributed by atoms with E-state index in [1.807, 2.05) is 30.5 Å². The van der Waals surface area contributed by atoms with Crippen LogP contribution in [0.5, 0.6) is 5.75 Å². The predicted molar refractivity (Wildman–Crippen MR) is 128 cm³/mol. The molecule has 32 heavy (non-hydrogen) atoms. The highest BCUT2D eigenvalue weighted by atomic mass is 16.5. The Kier molecular flexibility index (Phi) is 8.13. The molecule has 1 atom stereocenters. The van der Waals surface area contributed by atoms with Gasteiger partial charge in [0.15, 0.2) is 0 Å². The van der Waals surface area contributed by atoms with Gasteiger partial charge in [0.25, 0.3) is 0 Å². The second kappa shape index (κ2) is 11.4.